The van der Waals surface area contributed by atoms with Crippen LogP contribution in [0.25, 0.3) is 11.1 Å². The van der Waals surface area contributed by atoms with Gasteiger partial charge in [0.05, 0.1) is 11.6 Å². The Morgan fingerprint density at radius 1 is 1.32 bits per heavy atom. The van der Waals surface area contributed by atoms with Crippen molar-refractivity contribution in [2.75, 3.05) is 0 Å². The van der Waals surface area contributed by atoms with E-state index in [0.29, 0.717) is 17.6 Å². The highest BCUT2D eigenvalue weighted by atomic mass is 32.1. The zero-order chi connectivity index (χ0) is 15.5. The molecule has 1 atom stereocenters. The number of hydrogen-bond acceptors (Lipinski definition) is 4. The number of amides is 1. The minimum Gasteiger partial charge on any atom is -0.408 e. The molecular formula is C16H16N2O3S. The fourth-order valence-electron chi connectivity index (χ4n) is 2.36. The first kappa shape index (κ1) is 14.6. The quantitative estimate of drug-likeness (QED) is 0.787. The van der Waals surface area contributed by atoms with Gasteiger partial charge in [-0.1, -0.05) is 18.2 Å². The number of benzene rings is 1. The summed E-state index contributed by atoms with van der Waals surface area (Å²) < 4.78 is 6.64. The Balaban J connectivity index is 1.65. The lowest BCUT2D eigenvalue weighted by molar-refractivity contribution is -0.121. The van der Waals surface area contributed by atoms with Gasteiger partial charge in [0, 0.05) is 17.8 Å². The van der Waals surface area contributed by atoms with Gasteiger partial charge in [-0.25, -0.2) is 4.79 Å². The van der Waals surface area contributed by atoms with E-state index in [-0.39, 0.29) is 18.4 Å². The number of thiophene rings is 1. The molecule has 3 rings (SSSR count). The lowest BCUT2D eigenvalue weighted by Gasteiger charge is -2.12. The van der Waals surface area contributed by atoms with E-state index in [1.807, 2.05) is 42.6 Å². The zero-order valence-electron chi connectivity index (χ0n) is 12.1. The van der Waals surface area contributed by atoms with Gasteiger partial charge in [0.15, 0.2) is 5.58 Å². The van der Waals surface area contributed by atoms with E-state index in [4.69, 9.17) is 4.42 Å². The van der Waals surface area contributed by atoms with Gasteiger partial charge in [0.2, 0.25) is 5.91 Å². The predicted molar refractivity (Wildman–Crippen MR) is 86.0 cm³/mol. The number of carbonyl (C=O) groups is 1. The molecule has 0 spiro atoms. The van der Waals surface area contributed by atoms with Gasteiger partial charge < -0.3 is 9.73 Å². The second-order valence-electron chi connectivity index (χ2n) is 5.04. The van der Waals surface area contributed by atoms with Crippen LogP contribution in [0, 0.1) is 0 Å². The molecule has 6 heteroatoms. The molecular weight excluding hydrogens is 300 g/mol. The van der Waals surface area contributed by atoms with Crippen LogP contribution in [0.3, 0.4) is 0 Å². The molecule has 0 fully saturated rings. The van der Waals surface area contributed by atoms with E-state index < -0.39 is 5.76 Å². The average molecular weight is 316 g/mol. The summed E-state index contributed by atoms with van der Waals surface area (Å²) in [6, 6.07) is 11.1. The molecule has 114 valence electrons. The predicted octanol–water partition coefficient (Wildman–Crippen LogP) is 2.92. The minimum absolute atomic E-state index is 0.0229. The second-order valence-corrected chi connectivity index (χ2v) is 6.02. The normalized spacial score (nSPS) is 12.4. The molecule has 1 amide bonds. The van der Waals surface area contributed by atoms with Gasteiger partial charge in [-0.2, -0.15) is 0 Å². The van der Waals surface area contributed by atoms with Gasteiger partial charge in [0.25, 0.3) is 0 Å². The highest BCUT2D eigenvalue weighted by Crippen LogP contribution is 2.18. The monoisotopic (exact) mass is 316 g/mol. The molecule has 1 N–H and O–H groups in total. The summed E-state index contributed by atoms with van der Waals surface area (Å²) in [6.07, 6.45) is 0.235. The van der Waals surface area contributed by atoms with Gasteiger partial charge in [-0.3, -0.25) is 9.36 Å². The number of hydrogen-bond donors (Lipinski definition) is 1. The van der Waals surface area contributed by atoms with Crippen molar-refractivity contribution in [3.8, 4) is 0 Å². The first-order chi connectivity index (χ1) is 10.6. The van der Waals surface area contributed by atoms with Crippen LogP contribution < -0.4 is 11.1 Å². The summed E-state index contributed by atoms with van der Waals surface area (Å²) in [5.41, 5.74) is 1.26. The number of nitrogens with one attached hydrogen (secondary N) is 1. The Morgan fingerprint density at radius 2 is 2.14 bits per heavy atom. The average Bonchev–Trinajstić information content (AvgIpc) is 3.12. The molecule has 0 aliphatic rings. The van der Waals surface area contributed by atoms with Gasteiger partial charge >= 0.3 is 5.76 Å². The van der Waals surface area contributed by atoms with Gasteiger partial charge in [0.1, 0.15) is 0 Å². The molecule has 22 heavy (non-hydrogen) atoms. The van der Waals surface area contributed by atoms with E-state index in [1.54, 1.807) is 17.4 Å². The Labute approximate surface area is 131 Å². The minimum atomic E-state index is -0.430. The topological polar surface area (TPSA) is 64.2 Å². The lowest BCUT2D eigenvalue weighted by Crippen LogP contribution is -2.28. The maximum atomic E-state index is 12.0. The van der Waals surface area contributed by atoms with Crippen molar-refractivity contribution in [2.45, 2.75) is 25.9 Å². The number of aryl methyl sites for hydroxylation is 1. The van der Waals surface area contributed by atoms with Crippen molar-refractivity contribution in [3.05, 3.63) is 57.2 Å². The maximum absolute atomic E-state index is 12.0. The SMILES string of the molecule is C[C@H](NC(=O)CCn1c(=O)oc2ccccc21)c1cccs1. The number of oxazole rings is 1. The van der Waals surface area contributed by atoms with E-state index >= 15 is 0 Å². The van der Waals surface area contributed by atoms with Crippen molar-refractivity contribution in [3.63, 3.8) is 0 Å². The number of para-hydroxylation sites is 2. The Kier molecular flexibility index (Phi) is 4.11. The molecule has 0 unspecified atom stereocenters. The van der Waals surface area contributed by atoms with Crippen LogP contribution in [0.15, 0.2) is 51.0 Å². The first-order valence-corrected chi connectivity index (χ1v) is 7.94. The third kappa shape index (κ3) is 2.96. The molecule has 1 aromatic carbocycles. The van der Waals surface area contributed by atoms with Crippen LogP contribution in [0.1, 0.15) is 24.3 Å². The molecule has 5 nitrogen and oxygen atoms in total. The van der Waals surface area contributed by atoms with Crippen LogP contribution >= 0.6 is 11.3 Å². The number of carbonyl (C=O) groups excluding carboxylic acids is 1. The number of nitrogens with zero attached hydrogens (tertiary/aromatic N) is 1. The molecule has 0 saturated carbocycles. The van der Waals surface area contributed by atoms with Crippen molar-refractivity contribution in [2.24, 2.45) is 0 Å². The maximum Gasteiger partial charge on any atom is 0.419 e. The van der Waals surface area contributed by atoms with Gasteiger partial charge in [-0.15, -0.1) is 11.3 Å². The summed E-state index contributed by atoms with van der Waals surface area (Å²) in [5.74, 6) is -0.515. The summed E-state index contributed by atoms with van der Waals surface area (Å²) in [7, 11) is 0. The highest BCUT2D eigenvalue weighted by Gasteiger charge is 2.13. The first-order valence-electron chi connectivity index (χ1n) is 7.06. The Bertz CT molecular complexity index is 833. The Hall–Kier alpha value is -2.34. The Morgan fingerprint density at radius 3 is 2.91 bits per heavy atom. The molecule has 0 radical (unpaired) electrons. The van der Waals surface area contributed by atoms with Crippen LogP contribution in [-0.2, 0) is 11.3 Å². The highest BCUT2D eigenvalue weighted by molar-refractivity contribution is 7.10. The number of fused-ring (bicyclic) bond motifs is 1. The molecule has 0 saturated heterocycles. The fourth-order valence-corrected chi connectivity index (χ4v) is 3.10. The van der Waals surface area contributed by atoms with E-state index in [2.05, 4.69) is 5.32 Å². The summed E-state index contributed by atoms with van der Waals surface area (Å²) in [6.45, 7) is 2.25. The molecule has 3 aromatic rings. The number of rotatable bonds is 5. The summed E-state index contributed by atoms with van der Waals surface area (Å²) in [5, 5.41) is 4.92. The van der Waals surface area contributed by atoms with Crippen molar-refractivity contribution >= 4 is 28.3 Å². The fraction of sp³-hybridized carbons (Fsp3) is 0.250. The second kappa shape index (κ2) is 6.19. The molecule has 0 aliphatic heterocycles. The third-order valence-electron chi connectivity index (χ3n) is 3.48. The molecule has 0 aliphatic carbocycles. The zero-order valence-corrected chi connectivity index (χ0v) is 12.9. The lowest BCUT2D eigenvalue weighted by atomic mass is 10.2. The van der Waals surface area contributed by atoms with Crippen LogP contribution in [-0.4, -0.2) is 10.5 Å². The van der Waals surface area contributed by atoms with E-state index in [1.165, 1.54) is 4.57 Å². The number of aromatic nitrogens is 1. The molecule has 2 heterocycles. The van der Waals surface area contributed by atoms with Crippen molar-refractivity contribution in [1.29, 1.82) is 0 Å². The smallest absolute Gasteiger partial charge is 0.408 e. The van der Waals surface area contributed by atoms with E-state index in [0.717, 1.165) is 4.88 Å². The van der Waals surface area contributed by atoms with Crippen LogP contribution in [0.4, 0.5) is 0 Å². The van der Waals surface area contributed by atoms with Crippen molar-refractivity contribution in [1.82, 2.24) is 9.88 Å². The van der Waals surface area contributed by atoms with Crippen LogP contribution in [0.2, 0.25) is 0 Å². The van der Waals surface area contributed by atoms with Gasteiger partial charge in [-0.05, 0) is 30.5 Å². The molecule has 2 aromatic heterocycles. The molecule has 0 bridgehead atoms. The standard InChI is InChI=1S/C16H16N2O3S/c1-11(14-7-4-10-22-14)17-15(19)8-9-18-12-5-2-3-6-13(12)21-16(18)20/h2-7,10-11H,8-9H2,1H3,(H,17,19)/t11-/m0/s1. The van der Waals surface area contributed by atoms with Crippen molar-refractivity contribution < 1.29 is 9.21 Å². The van der Waals surface area contributed by atoms with Crippen LogP contribution in [0.5, 0.6) is 0 Å². The summed E-state index contributed by atoms with van der Waals surface area (Å²) >= 11 is 1.61. The van der Waals surface area contributed by atoms with E-state index in [9.17, 15) is 9.59 Å². The third-order valence-corrected chi connectivity index (χ3v) is 4.54. The largest absolute Gasteiger partial charge is 0.419 e. The summed E-state index contributed by atoms with van der Waals surface area (Å²) in [4.78, 5) is 25.0.